The Balaban J connectivity index is 0.000000186. The van der Waals surface area contributed by atoms with Crippen LogP contribution in [0.1, 0.15) is 96.1 Å². The van der Waals surface area contributed by atoms with Crippen LogP contribution in [0.4, 0.5) is 0 Å². The molecular formula is C29H40N2O2. The van der Waals surface area contributed by atoms with Crippen LogP contribution in [-0.4, -0.2) is 24.4 Å². The standard InChI is InChI=1S/C15H21NO.C14H19NO/c1-12-7-9-14(10-8-12)15(17)16-11-13-5-3-2-4-6-13;1-11-7-9-12(10-8-11)14(16)15-13-5-3-2-4-6-13/h7-10,13H,2-6,11H2,1H3,(H,16,17);7-10,13H,2-6H2,1H3,(H,15,16). The second-order valence-corrected chi connectivity index (χ2v) is 9.75. The van der Waals surface area contributed by atoms with Crippen LogP contribution in [0.25, 0.3) is 0 Å². The molecule has 4 heteroatoms. The van der Waals surface area contributed by atoms with Gasteiger partial charge in [-0.1, -0.05) is 73.9 Å². The van der Waals surface area contributed by atoms with Gasteiger partial charge in [0.15, 0.2) is 0 Å². The molecule has 0 heterocycles. The predicted molar refractivity (Wildman–Crippen MR) is 136 cm³/mol. The summed E-state index contributed by atoms with van der Waals surface area (Å²) in [5, 5.41) is 6.16. The Morgan fingerprint density at radius 1 is 0.667 bits per heavy atom. The minimum Gasteiger partial charge on any atom is -0.352 e. The van der Waals surface area contributed by atoms with E-state index in [4.69, 9.17) is 0 Å². The molecular weight excluding hydrogens is 408 g/mol. The second-order valence-electron chi connectivity index (χ2n) is 9.75. The van der Waals surface area contributed by atoms with E-state index in [0.29, 0.717) is 12.0 Å². The zero-order valence-electron chi connectivity index (χ0n) is 20.4. The lowest BCUT2D eigenvalue weighted by molar-refractivity contribution is 0.0924. The van der Waals surface area contributed by atoms with E-state index < -0.39 is 0 Å². The molecule has 2 aliphatic carbocycles. The number of amides is 2. The first-order valence-electron chi connectivity index (χ1n) is 12.7. The summed E-state index contributed by atoms with van der Waals surface area (Å²) in [6, 6.07) is 15.9. The normalized spacial score (nSPS) is 16.9. The molecule has 0 spiro atoms. The number of carbonyl (C=O) groups is 2. The van der Waals surface area contributed by atoms with Crippen LogP contribution in [0.2, 0.25) is 0 Å². The molecule has 0 aliphatic heterocycles. The van der Waals surface area contributed by atoms with Gasteiger partial charge in [0.05, 0.1) is 0 Å². The van der Waals surface area contributed by atoms with Gasteiger partial charge in [-0.2, -0.15) is 0 Å². The second kappa shape index (κ2) is 13.2. The lowest BCUT2D eigenvalue weighted by Gasteiger charge is -2.22. The van der Waals surface area contributed by atoms with Crippen molar-refractivity contribution >= 4 is 11.8 Å². The minimum absolute atomic E-state index is 0.0653. The topological polar surface area (TPSA) is 58.2 Å². The van der Waals surface area contributed by atoms with Crippen LogP contribution in [0.5, 0.6) is 0 Å². The summed E-state index contributed by atoms with van der Waals surface area (Å²) in [5.74, 6) is 0.834. The third kappa shape index (κ3) is 8.68. The van der Waals surface area contributed by atoms with E-state index in [1.54, 1.807) is 0 Å². The molecule has 2 N–H and O–H groups in total. The van der Waals surface area contributed by atoms with Crippen molar-refractivity contribution in [2.75, 3.05) is 6.54 Å². The number of carbonyl (C=O) groups excluding carboxylic acids is 2. The monoisotopic (exact) mass is 448 g/mol. The van der Waals surface area contributed by atoms with Gasteiger partial charge in [0, 0.05) is 23.7 Å². The van der Waals surface area contributed by atoms with Crippen molar-refractivity contribution in [3.63, 3.8) is 0 Å². The van der Waals surface area contributed by atoms with Gasteiger partial charge in [-0.25, -0.2) is 0 Å². The molecule has 0 bridgehead atoms. The van der Waals surface area contributed by atoms with E-state index >= 15 is 0 Å². The third-order valence-corrected chi connectivity index (χ3v) is 6.84. The minimum atomic E-state index is 0.0653. The van der Waals surface area contributed by atoms with E-state index in [9.17, 15) is 9.59 Å². The van der Waals surface area contributed by atoms with E-state index in [2.05, 4.69) is 10.6 Å². The van der Waals surface area contributed by atoms with E-state index in [1.807, 2.05) is 62.4 Å². The molecule has 2 amide bonds. The Hall–Kier alpha value is -2.62. The highest BCUT2D eigenvalue weighted by Crippen LogP contribution is 2.23. The number of aryl methyl sites for hydroxylation is 2. The van der Waals surface area contributed by atoms with Gasteiger partial charge in [-0.3, -0.25) is 9.59 Å². The average Bonchev–Trinajstić information content (AvgIpc) is 2.85. The van der Waals surface area contributed by atoms with E-state index in [0.717, 1.165) is 30.5 Å². The average molecular weight is 449 g/mol. The van der Waals surface area contributed by atoms with E-state index in [1.165, 1.54) is 62.5 Å². The van der Waals surface area contributed by atoms with Gasteiger partial charge in [-0.05, 0) is 69.7 Å². The summed E-state index contributed by atoms with van der Waals surface area (Å²) in [6.07, 6.45) is 12.6. The molecule has 4 rings (SSSR count). The van der Waals surface area contributed by atoms with Gasteiger partial charge < -0.3 is 10.6 Å². The molecule has 2 aromatic rings. The van der Waals surface area contributed by atoms with Crippen LogP contribution in [0, 0.1) is 19.8 Å². The summed E-state index contributed by atoms with van der Waals surface area (Å²) in [5.41, 5.74) is 3.92. The molecule has 4 nitrogen and oxygen atoms in total. The number of hydrogen-bond donors (Lipinski definition) is 2. The van der Waals surface area contributed by atoms with Crippen molar-refractivity contribution in [2.24, 2.45) is 5.92 Å². The maximum absolute atomic E-state index is 11.9. The summed E-state index contributed by atoms with van der Waals surface area (Å²) < 4.78 is 0. The SMILES string of the molecule is Cc1ccc(C(=O)NC2CCCCC2)cc1.Cc1ccc(C(=O)NCC2CCCCC2)cc1. The molecule has 33 heavy (non-hydrogen) atoms. The number of nitrogens with one attached hydrogen (secondary N) is 2. The van der Waals surface area contributed by atoms with Crippen LogP contribution >= 0.6 is 0 Å². The van der Waals surface area contributed by atoms with Gasteiger partial charge in [0.2, 0.25) is 0 Å². The van der Waals surface area contributed by atoms with Crippen LogP contribution < -0.4 is 10.6 Å². The lowest BCUT2D eigenvalue weighted by Crippen LogP contribution is -2.36. The zero-order chi connectivity index (χ0) is 23.5. The van der Waals surface area contributed by atoms with Crippen molar-refractivity contribution in [1.29, 1.82) is 0 Å². The highest BCUT2D eigenvalue weighted by Gasteiger charge is 2.16. The maximum atomic E-state index is 11.9. The smallest absolute Gasteiger partial charge is 0.251 e. The summed E-state index contributed by atoms with van der Waals surface area (Å²) in [4.78, 5) is 23.8. The fourth-order valence-corrected chi connectivity index (χ4v) is 4.66. The Morgan fingerprint density at radius 2 is 1.12 bits per heavy atom. The zero-order valence-corrected chi connectivity index (χ0v) is 20.4. The number of hydrogen-bond acceptors (Lipinski definition) is 2. The number of benzene rings is 2. The first-order valence-corrected chi connectivity index (χ1v) is 12.7. The highest BCUT2D eigenvalue weighted by atomic mass is 16.2. The molecule has 0 radical (unpaired) electrons. The van der Waals surface area contributed by atoms with Gasteiger partial charge in [0.25, 0.3) is 11.8 Å². The first kappa shape index (κ1) is 25.0. The maximum Gasteiger partial charge on any atom is 0.251 e. The lowest BCUT2D eigenvalue weighted by atomic mass is 9.89. The van der Waals surface area contributed by atoms with Crippen molar-refractivity contribution in [3.05, 3.63) is 70.8 Å². The van der Waals surface area contributed by atoms with Crippen molar-refractivity contribution < 1.29 is 9.59 Å². The predicted octanol–water partition coefficient (Wildman–Crippen LogP) is 6.36. The Labute approximate surface area is 199 Å². The molecule has 2 aromatic carbocycles. The van der Waals surface area contributed by atoms with Crippen LogP contribution in [0.15, 0.2) is 48.5 Å². The summed E-state index contributed by atoms with van der Waals surface area (Å²) in [7, 11) is 0. The number of rotatable bonds is 5. The van der Waals surface area contributed by atoms with Crippen LogP contribution in [0.3, 0.4) is 0 Å². The molecule has 2 fully saturated rings. The Morgan fingerprint density at radius 3 is 1.64 bits per heavy atom. The van der Waals surface area contributed by atoms with Crippen molar-refractivity contribution in [2.45, 2.75) is 84.1 Å². The molecule has 2 saturated carbocycles. The molecule has 0 unspecified atom stereocenters. The first-order chi connectivity index (χ1) is 16.0. The fourth-order valence-electron chi connectivity index (χ4n) is 4.66. The van der Waals surface area contributed by atoms with Gasteiger partial charge in [0.1, 0.15) is 0 Å². The molecule has 0 atom stereocenters. The molecule has 0 aromatic heterocycles. The van der Waals surface area contributed by atoms with Gasteiger partial charge >= 0.3 is 0 Å². The summed E-state index contributed by atoms with van der Waals surface area (Å²) >= 11 is 0. The quantitative estimate of drug-likeness (QED) is 0.559. The Bertz CT molecular complexity index is 861. The molecule has 178 valence electrons. The van der Waals surface area contributed by atoms with E-state index in [-0.39, 0.29) is 11.8 Å². The van der Waals surface area contributed by atoms with Crippen molar-refractivity contribution in [1.82, 2.24) is 10.6 Å². The third-order valence-electron chi connectivity index (χ3n) is 6.84. The van der Waals surface area contributed by atoms with Crippen molar-refractivity contribution in [3.8, 4) is 0 Å². The fraction of sp³-hybridized carbons (Fsp3) is 0.517. The Kier molecular flexibility index (Phi) is 9.99. The highest BCUT2D eigenvalue weighted by molar-refractivity contribution is 5.94. The van der Waals surface area contributed by atoms with Gasteiger partial charge in [-0.15, -0.1) is 0 Å². The summed E-state index contributed by atoms with van der Waals surface area (Å²) in [6.45, 7) is 4.90. The van der Waals surface area contributed by atoms with Crippen LogP contribution in [-0.2, 0) is 0 Å². The molecule has 0 saturated heterocycles. The molecule has 2 aliphatic rings. The largest absolute Gasteiger partial charge is 0.352 e.